The van der Waals surface area contributed by atoms with Crippen molar-refractivity contribution < 1.29 is 0 Å². The predicted octanol–water partition coefficient (Wildman–Crippen LogP) is 3.95. The Bertz CT molecular complexity index is 283. The van der Waals surface area contributed by atoms with Crippen LogP contribution in [0.2, 0.25) is 0 Å². The van der Waals surface area contributed by atoms with Gasteiger partial charge < -0.3 is 5.32 Å². The van der Waals surface area contributed by atoms with Gasteiger partial charge in [0.15, 0.2) is 0 Å². The van der Waals surface area contributed by atoms with Gasteiger partial charge in [0.2, 0.25) is 0 Å². The molecule has 0 spiro atoms. The molecule has 0 radical (unpaired) electrons. The molecule has 1 N–H and O–H groups in total. The fraction of sp³-hybridized carbons (Fsp3) is 1.00. The molecule has 3 fully saturated rings. The van der Waals surface area contributed by atoms with E-state index < -0.39 is 0 Å². The molecule has 2 aliphatic carbocycles. The summed E-state index contributed by atoms with van der Waals surface area (Å²) in [4.78, 5) is 2.86. The Balaban J connectivity index is 1.48. The first-order valence-electron chi connectivity index (χ1n) is 9.34. The lowest BCUT2D eigenvalue weighted by Gasteiger charge is -2.47. The number of rotatable bonds is 4. The third-order valence-electron chi connectivity index (χ3n) is 6.16. The maximum atomic E-state index is 3.87. The summed E-state index contributed by atoms with van der Waals surface area (Å²) in [6, 6.07) is 2.47. The van der Waals surface area contributed by atoms with Crippen LogP contribution < -0.4 is 5.32 Å². The van der Waals surface area contributed by atoms with Crippen LogP contribution in [-0.2, 0) is 0 Å². The molecule has 1 saturated heterocycles. The lowest BCUT2D eigenvalue weighted by Crippen LogP contribution is -2.54. The highest BCUT2D eigenvalue weighted by Gasteiger charge is 2.35. The highest BCUT2D eigenvalue weighted by atomic mass is 15.2. The molecule has 0 aromatic rings. The maximum Gasteiger partial charge on any atom is 0.0195 e. The maximum absolute atomic E-state index is 3.87. The topological polar surface area (TPSA) is 15.3 Å². The fourth-order valence-electron chi connectivity index (χ4n) is 4.97. The number of fused-ring (bicyclic) bond motifs is 1. The van der Waals surface area contributed by atoms with Crippen LogP contribution in [0.4, 0.5) is 0 Å². The summed E-state index contributed by atoms with van der Waals surface area (Å²) < 4.78 is 0. The van der Waals surface area contributed by atoms with Gasteiger partial charge in [-0.2, -0.15) is 0 Å². The van der Waals surface area contributed by atoms with Crippen molar-refractivity contribution in [1.29, 1.82) is 0 Å². The SMILES string of the molecule is CC(CNC1CCCCC1)N1CCC[C@H]2CCCC[C@H]21. The van der Waals surface area contributed by atoms with Gasteiger partial charge in [0.1, 0.15) is 0 Å². The standard InChI is InChI=1S/C18H34N2/c1-15(14-19-17-10-3-2-4-11-17)20-13-7-9-16-8-5-6-12-18(16)20/h15-19H,2-14H2,1H3/t15?,16-,18-/m1/s1. The molecule has 3 rings (SSSR count). The molecule has 2 nitrogen and oxygen atoms in total. The van der Waals surface area contributed by atoms with Gasteiger partial charge in [-0.25, -0.2) is 0 Å². The van der Waals surface area contributed by atoms with Crippen molar-refractivity contribution in [2.75, 3.05) is 13.1 Å². The fourth-order valence-corrected chi connectivity index (χ4v) is 4.97. The van der Waals surface area contributed by atoms with E-state index in [-0.39, 0.29) is 0 Å². The van der Waals surface area contributed by atoms with E-state index in [1.54, 1.807) is 0 Å². The van der Waals surface area contributed by atoms with Crippen molar-refractivity contribution in [3.8, 4) is 0 Å². The quantitative estimate of drug-likeness (QED) is 0.837. The highest BCUT2D eigenvalue weighted by molar-refractivity contribution is 4.90. The molecule has 1 heterocycles. The Morgan fingerprint density at radius 2 is 1.60 bits per heavy atom. The molecule has 20 heavy (non-hydrogen) atoms. The molecule has 0 aromatic carbocycles. The van der Waals surface area contributed by atoms with Crippen molar-refractivity contribution >= 4 is 0 Å². The van der Waals surface area contributed by atoms with E-state index in [9.17, 15) is 0 Å². The average molecular weight is 278 g/mol. The summed E-state index contributed by atoms with van der Waals surface area (Å²) >= 11 is 0. The molecule has 3 atom stereocenters. The molecular weight excluding hydrogens is 244 g/mol. The van der Waals surface area contributed by atoms with Crippen LogP contribution in [0.5, 0.6) is 0 Å². The van der Waals surface area contributed by atoms with Crippen molar-refractivity contribution in [3.05, 3.63) is 0 Å². The van der Waals surface area contributed by atoms with Crippen molar-refractivity contribution in [2.45, 2.75) is 95.7 Å². The van der Waals surface area contributed by atoms with E-state index in [0.717, 1.165) is 24.0 Å². The first-order chi connectivity index (χ1) is 9.84. The summed E-state index contributed by atoms with van der Waals surface area (Å²) in [6.45, 7) is 5.04. The smallest absolute Gasteiger partial charge is 0.0195 e. The van der Waals surface area contributed by atoms with Crippen molar-refractivity contribution in [3.63, 3.8) is 0 Å². The van der Waals surface area contributed by atoms with Gasteiger partial charge in [0.05, 0.1) is 0 Å². The normalized spacial score (nSPS) is 34.6. The molecule has 3 aliphatic rings. The minimum Gasteiger partial charge on any atom is -0.312 e. The van der Waals surface area contributed by atoms with E-state index in [0.29, 0.717) is 0 Å². The molecular formula is C18H34N2. The number of hydrogen-bond donors (Lipinski definition) is 1. The molecule has 0 aromatic heterocycles. The minimum absolute atomic E-state index is 0.739. The Hall–Kier alpha value is -0.0800. The number of nitrogens with zero attached hydrogens (tertiary/aromatic N) is 1. The van der Waals surface area contributed by atoms with Gasteiger partial charge in [-0.05, 0) is 57.9 Å². The zero-order valence-corrected chi connectivity index (χ0v) is 13.4. The lowest BCUT2D eigenvalue weighted by atomic mass is 9.78. The minimum atomic E-state index is 0.739. The second-order valence-corrected chi connectivity index (χ2v) is 7.58. The van der Waals surface area contributed by atoms with Gasteiger partial charge in [-0.3, -0.25) is 4.90 Å². The highest BCUT2D eigenvalue weighted by Crippen LogP contribution is 2.36. The van der Waals surface area contributed by atoms with E-state index >= 15 is 0 Å². The van der Waals surface area contributed by atoms with Crippen LogP contribution in [0, 0.1) is 5.92 Å². The Morgan fingerprint density at radius 3 is 2.45 bits per heavy atom. The van der Waals surface area contributed by atoms with E-state index in [4.69, 9.17) is 0 Å². The van der Waals surface area contributed by atoms with Crippen LogP contribution in [0.25, 0.3) is 0 Å². The third-order valence-corrected chi connectivity index (χ3v) is 6.16. The summed E-state index contributed by atoms with van der Waals surface area (Å²) in [5.41, 5.74) is 0. The number of nitrogens with one attached hydrogen (secondary N) is 1. The Labute approximate surface area is 125 Å². The molecule has 116 valence electrons. The van der Waals surface area contributed by atoms with Crippen LogP contribution in [0.3, 0.4) is 0 Å². The molecule has 0 bridgehead atoms. The monoisotopic (exact) mass is 278 g/mol. The summed E-state index contributed by atoms with van der Waals surface area (Å²) in [5.74, 6) is 1.02. The molecule has 1 unspecified atom stereocenters. The van der Waals surface area contributed by atoms with Gasteiger partial charge >= 0.3 is 0 Å². The predicted molar refractivity (Wildman–Crippen MR) is 86.0 cm³/mol. The first-order valence-corrected chi connectivity index (χ1v) is 9.34. The van der Waals surface area contributed by atoms with Gasteiger partial charge in [0, 0.05) is 24.7 Å². The van der Waals surface area contributed by atoms with Gasteiger partial charge in [-0.1, -0.05) is 32.1 Å². The lowest BCUT2D eigenvalue weighted by molar-refractivity contribution is 0.0303. The first kappa shape index (κ1) is 14.8. The number of piperidine rings is 1. The Kier molecular flexibility index (Phi) is 5.39. The van der Waals surface area contributed by atoms with Gasteiger partial charge in [0.25, 0.3) is 0 Å². The van der Waals surface area contributed by atoms with Crippen LogP contribution in [0.15, 0.2) is 0 Å². The average Bonchev–Trinajstić information content (AvgIpc) is 2.53. The summed E-state index contributed by atoms with van der Waals surface area (Å²) in [5, 5.41) is 3.87. The largest absolute Gasteiger partial charge is 0.312 e. The van der Waals surface area contributed by atoms with Crippen LogP contribution in [-0.4, -0.2) is 36.1 Å². The second kappa shape index (κ2) is 7.26. The van der Waals surface area contributed by atoms with E-state index in [1.165, 1.54) is 83.7 Å². The van der Waals surface area contributed by atoms with Crippen LogP contribution >= 0.6 is 0 Å². The zero-order valence-electron chi connectivity index (χ0n) is 13.4. The molecule has 1 aliphatic heterocycles. The summed E-state index contributed by atoms with van der Waals surface area (Å²) in [6.07, 6.45) is 16.1. The summed E-state index contributed by atoms with van der Waals surface area (Å²) in [7, 11) is 0. The van der Waals surface area contributed by atoms with Crippen LogP contribution in [0.1, 0.15) is 77.6 Å². The van der Waals surface area contributed by atoms with E-state index in [1.807, 2.05) is 0 Å². The second-order valence-electron chi connectivity index (χ2n) is 7.58. The molecule has 0 amide bonds. The third kappa shape index (κ3) is 3.57. The van der Waals surface area contributed by atoms with Gasteiger partial charge in [-0.15, -0.1) is 0 Å². The molecule has 2 saturated carbocycles. The zero-order chi connectivity index (χ0) is 13.8. The van der Waals surface area contributed by atoms with E-state index in [2.05, 4.69) is 17.1 Å². The Morgan fingerprint density at radius 1 is 0.900 bits per heavy atom. The van der Waals surface area contributed by atoms with Crippen molar-refractivity contribution in [1.82, 2.24) is 10.2 Å². The van der Waals surface area contributed by atoms with Crippen molar-refractivity contribution in [2.24, 2.45) is 5.92 Å². The number of hydrogen-bond acceptors (Lipinski definition) is 2. The number of likely N-dealkylation sites (tertiary alicyclic amines) is 1. The molecule has 2 heteroatoms.